The number of aromatic hydroxyl groups is 2. The van der Waals surface area contributed by atoms with Crippen molar-refractivity contribution < 1.29 is 100.0 Å². The van der Waals surface area contributed by atoms with Crippen LogP contribution < -0.4 is 20.7 Å². The molecule has 10 atom stereocenters. The van der Waals surface area contributed by atoms with E-state index in [1.807, 2.05) is 0 Å². The number of morpholine rings is 1. The maximum Gasteiger partial charge on any atom is 0.409 e. The van der Waals surface area contributed by atoms with E-state index in [4.69, 9.17) is 49.5 Å². The number of unbranched alkanes of at least 4 members (excludes halogenated alkanes) is 2. The monoisotopic (exact) mass is 1340 g/mol. The SMILES string of the molecule is COc1cccc2c1C(=O)c1c(O)c3c(c(O)c1C2=O)C[C@@](O)(C(=N)COC(=O)N(C)CCN(C)C(=O)OCc1ccc(NC(=O)[C@H](C)NC(=O)[C@@H](NC(=O)CCCCCN2C(=O)C=C(Cl)S2(=O)=O)C(C)C)cc1)C[C@@H]3O[C@H]1C[C@H]2[C@H](O[C@@H]3[C@@H](OC)OCCN32)[C@H](C)O1. The lowest BCUT2D eigenvalue weighted by atomic mass is 9.71. The van der Waals surface area contributed by atoms with Crippen LogP contribution in [-0.2, 0) is 75.4 Å². The molecule has 9 rings (SSSR count). The van der Waals surface area contributed by atoms with Crippen LogP contribution in [0.15, 0.2) is 52.9 Å². The Morgan fingerprint density at radius 2 is 1.57 bits per heavy atom. The lowest BCUT2D eigenvalue weighted by Gasteiger charge is -2.44. The largest absolute Gasteiger partial charge is 0.507 e. The molecule has 3 aromatic carbocycles. The summed E-state index contributed by atoms with van der Waals surface area (Å²) in [5, 5.41) is 54.0. The number of nitrogens with zero attached hydrogens (tertiary/aromatic N) is 4. The summed E-state index contributed by atoms with van der Waals surface area (Å²) in [4.78, 5) is 111. The Morgan fingerprint density at radius 1 is 0.882 bits per heavy atom. The number of halogens is 1. The summed E-state index contributed by atoms with van der Waals surface area (Å²) in [5.74, 6) is -5.60. The van der Waals surface area contributed by atoms with Crippen molar-refractivity contribution in [2.45, 2.75) is 140 Å². The van der Waals surface area contributed by atoms with E-state index in [0.717, 1.165) is 11.0 Å². The minimum absolute atomic E-state index is 0.0279. The molecule has 0 saturated carbocycles. The standard InChI is InChI=1S/C62H77ClN8O21S/c1-31(2)50(67-43(72)15-10-9-11-20-71-44(73)26-42(63)93(71,83)84)57(79)65-32(3)56(78)66-35-18-16-34(17-19-35)29-88-60(80)68(5)21-22-69(6)61(81)89-30-41(64)62(82)27-37-47(54(77)49-48(52(37)75)51(74)36-13-12-14-39(85-7)46(36)53(49)76)40(28-62)91-45-25-38-55(33(4)90-45)92-58-59(86-8)87-24-23-70(38)58/h12-14,16-19,26,31-33,38,40,45,50,55,58-59,64,75,77,82H,9-11,15,20-25,27-30H2,1-8H3,(H,65,79)(H,66,78)(H,67,72)/t32-,33-,38-,40-,45-,50-,55+,58+,59-,62-/m0/s1. The van der Waals surface area contributed by atoms with Crippen molar-refractivity contribution in [1.82, 2.24) is 29.6 Å². The second-order valence-electron chi connectivity index (χ2n) is 24.0. The number of nitrogens with one attached hydrogen (secondary N) is 4. The first kappa shape index (κ1) is 69.5. The Balaban J connectivity index is 0.750. The molecule has 93 heavy (non-hydrogen) atoms. The number of sulfonamides is 1. The number of fused-ring (bicyclic) bond motifs is 6. The van der Waals surface area contributed by atoms with E-state index in [2.05, 4.69) is 20.9 Å². The van der Waals surface area contributed by atoms with E-state index in [1.165, 1.54) is 58.3 Å². The van der Waals surface area contributed by atoms with Crippen molar-refractivity contribution in [3.8, 4) is 17.2 Å². The number of amides is 6. The van der Waals surface area contributed by atoms with Crippen LogP contribution >= 0.6 is 11.6 Å². The van der Waals surface area contributed by atoms with Gasteiger partial charge in [0.1, 0.15) is 54.3 Å². The fraction of sp³-hybridized carbons (Fsp3) is 0.532. The summed E-state index contributed by atoms with van der Waals surface area (Å²) < 4.78 is 71.5. The lowest BCUT2D eigenvalue weighted by molar-refractivity contribution is -0.255. The van der Waals surface area contributed by atoms with Gasteiger partial charge in [0.05, 0.1) is 48.3 Å². The zero-order valence-electron chi connectivity index (χ0n) is 52.6. The van der Waals surface area contributed by atoms with Crippen molar-refractivity contribution in [2.75, 3.05) is 73.0 Å². The molecule has 7 N–H and O–H groups in total. The van der Waals surface area contributed by atoms with E-state index in [0.29, 0.717) is 48.0 Å². The predicted molar refractivity (Wildman–Crippen MR) is 329 cm³/mol. The number of aliphatic hydroxyl groups is 1. The van der Waals surface area contributed by atoms with E-state index >= 15 is 0 Å². The third kappa shape index (κ3) is 14.6. The van der Waals surface area contributed by atoms with Crippen LogP contribution in [0, 0.1) is 11.3 Å². The molecule has 2 aliphatic carbocycles. The van der Waals surface area contributed by atoms with Crippen LogP contribution in [0.2, 0.25) is 0 Å². The first-order chi connectivity index (χ1) is 44.1. The van der Waals surface area contributed by atoms with Gasteiger partial charge in [-0.1, -0.05) is 56.1 Å². The molecule has 504 valence electrons. The Hall–Kier alpha value is -7.81. The third-order valence-corrected chi connectivity index (χ3v) is 19.6. The molecule has 3 fully saturated rings. The molecule has 29 nitrogen and oxygen atoms in total. The van der Waals surface area contributed by atoms with Gasteiger partial charge in [-0.25, -0.2) is 22.3 Å². The van der Waals surface area contributed by atoms with Gasteiger partial charge in [0.2, 0.25) is 23.5 Å². The molecule has 31 heteroatoms. The first-order valence-electron chi connectivity index (χ1n) is 30.3. The van der Waals surface area contributed by atoms with E-state index < -0.39 is 164 Å². The highest BCUT2D eigenvalue weighted by Crippen LogP contribution is 2.53. The number of phenols is 2. The Morgan fingerprint density at radius 3 is 2.23 bits per heavy atom. The van der Waals surface area contributed by atoms with Crippen LogP contribution in [0.25, 0.3) is 0 Å². The summed E-state index contributed by atoms with van der Waals surface area (Å²) in [6.07, 6.45) is -5.24. The smallest absolute Gasteiger partial charge is 0.409 e. The zero-order valence-corrected chi connectivity index (χ0v) is 54.1. The Bertz CT molecular complexity index is 3590. The summed E-state index contributed by atoms with van der Waals surface area (Å²) >= 11 is 5.64. The molecule has 3 aromatic rings. The van der Waals surface area contributed by atoms with Gasteiger partial charge < -0.3 is 84.4 Å². The number of anilines is 1. The number of carbonyl (C=O) groups is 8. The fourth-order valence-electron chi connectivity index (χ4n) is 12.2. The number of hydrogen-bond acceptors (Lipinski definition) is 23. The average Bonchev–Trinajstić information content (AvgIpc) is 1.43. The number of ketones is 2. The molecule has 6 amide bonds. The highest BCUT2D eigenvalue weighted by molar-refractivity contribution is 7.95. The van der Waals surface area contributed by atoms with Gasteiger partial charge in [-0.2, -0.15) is 0 Å². The highest BCUT2D eigenvalue weighted by Gasteiger charge is 2.55. The number of likely N-dealkylation sites (N-methyl/N-ethyl adjacent to an activating group) is 2. The number of carbonyl (C=O) groups excluding carboxylic acids is 8. The molecule has 0 radical (unpaired) electrons. The molecular formula is C62H77ClN8O21S. The average molecular weight is 1340 g/mol. The van der Waals surface area contributed by atoms with Crippen LogP contribution in [0.5, 0.6) is 17.2 Å². The van der Waals surface area contributed by atoms with Gasteiger partial charge in [-0.3, -0.25) is 33.7 Å². The van der Waals surface area contributed by atoms with Gasteiger partial charge in [0, 0.05) is 108 Å². The normalized spacial score (nSPS) is 24.2. The summed E-state index contributed by atoms with van der Waals surface area (Å²) in [6.45, 7) is 6.44. The van der Waals surface area contributed by atoms with Crippen molar-refractivity contribution >= 4 is 80.4 Å². The number of phenolic OH excluding ortho intramolecular Hbond substituents is 2. The molecule has 0 spiro atoms. The summed E-state index contributed by atoms with van der Waals surface area (Å²) in [5.41, 5.74) is -3.40. The molecule has 0 unspecified atom stereocenters. The van der Waals surface area contributed by atoms with Crippen molar-refractivity contribution in [1.29, 1.82) is 5.41 Å². The minimum Gasteiger partial charge on any atom is -0.507 e. The second kappa shape index (κ2) is 28.8. The first-order valence-corrected chi connectivity index (χ1v) is 32.1. The third-order valence-electron chi connectivity index (χ3n) is 17.4. The van der Waals surface area contributed by atoms with Crippen LogP contribution in [0.1, 0.15) is 121 Å². The van der Waals surface area contributed by atoms with Gasteiger partial charge in [-0.05, 0) is 56.4 Å². The van der Waals surface area contributed by atoms with Crippen LogP contribution in [0.3, 0.4) is 0 Å². The van der Waals surface area contributed by atoms with Crippen LogP contribution in [-0.4, -0.2) is 218 Å². The summed E-state index contributed by atoms with van der Waals surface area (Å²) in [6, 6.07) is 8.45. The number of rotatable bonds is 24. The van der Waals surface area contributed by atoms with Crippen molar-refractivity contribution in [2.24, 2.45) is 5.92 Å². The molecule has 0 aromatic heterocycles. The molecule has 4 aliphatic heterocycles. The molecule has 0 bridgehead atoms. The Labute approximate surface area is 541 Å². The molecule has 3 saturated heterocycles. The van der Waals surface area contributed by atoms with Crippen LogP contribution in [0.4, 0.5) is 15.3 Å². The quantitative estimate of drug-likeness (QED) is 0.0297. The predicted octanol–water partition coefficient (Wildman–Crippen LogP) is 3.90. The van der Waals surface area contributed by atoms with Gasteiger partial charge in [0.15, 0.2) is 29.0 Å². The minimum atomic E-state index is -4.02. The van der Waals surface area contributed by atoms with E-state index in [1.54, 1.807) is 45.0 Å². The fourth-order valence-corrected chi connectivity index (χ4v) is 13.6. The topological polar surface area (TPSA) is 378 Å². The van der Waals surface area contributed by atoms with E-state index in [9.17, 15) is 67.5 Å². The number of ether oxygens (including phenoxy) is 8. The van der Waals surface area contributed by atoms with Gasteiger partial charge in [0.25, 0.3) is 15.9 Å². The molecule has 6 aliphatic rings. The van der Waals surface area contributed by atoms with Gasteiger partial charge >= 0.3 is 12.2 Å². The maximum absolute atomic E-state index is 14.3. The number of benzene rings is 3. The number of methoxy groups -OCH3 is 2. The molecule has 4 heterocycles. The number of hydrogen-bond donors (Lipinski definition) is 7. The van der Waals surface area contributed by atoms with Crippen molar-refractivity contribution in [3.63, 3.8) is 0 Å². The lowest BCUT2D eigenvalue weighted by Crippen LogP contribution is -2.55. The maximum atomic E-state index is 14.3. The molecular weight excluding hydrogens is 1260 g/mol. The summed E-state index contributed by atoms with van der Waals surface area (Å²) in [7, 11) is 1.64. The zero-order chi connectivity index (χ0) is 67.5. The van der Waals surface area contributed by atoms with Gasteiger partial charge in [-0.15, -0.1) is 0 Å². The highest BCUT2D eigenvalue weighted by atomic mass is 35.5. The van der Waals surface area contributed by atoms with Crippen molar-refractivity contribution in [3.05, 3.63) is 91.8 Å². The Kier molecular flexibility index (Phi) is 21.5. The second-order valence-corrected chi connectivity index (χ2v) is 26.5. The van der Waals surface area contributed by atoms with E-state index in [-0.39, 0.29) is 79.0 Å².